The van der Waals surface area contributed by atoms with E-state index in [9.17, 15) is 4.79 Å². The molecule has 0 N–H and O–H groups in total. The summed E-state index contributed by atoms with van der Waals surface area (Å²) in [6.45, 7) is 2.16. The van der Waals surface area contributed by atoms with Crippen LogP contribution in [0, 0.1) is 40.9 Å². The molecule has 0 aromatic heterocycles. The second-order valence-corrected chi connectivity index (χ2v) is 7.16. The zero-order valence-electron chi connectivity index (χ0n) is 11.3. The lowest BCUT2D eigenvalue weighted by Crippen LogP contribution is -2.48. The first kappa shape index (κ1) is 11.1. The molecule has 3 saturated carbocycles. The predicted octanol–water partition coefficient (Wildman–Crippen LogP) is 3.03. The van der Waals surface area contributed by atoms with Crippen molar-refractivity contribution in [3.8, 4) is 0 Å². The second kappa shape index (κ2) is 3.40. The number of ether oxygens (including phenoxy) is 1. The third kappa shape index (κ3) is 1.13. The SMILES string of the molecule is COC(=O)C1(C)CC2CC1C1C3C=CC(CC3)C21. The van der Waals surface area contributed by atoms with Crippen molar-refractivity contribution in [3.05, 3.63) is 12.2 Å². The zero-order valence-corrected chi connectivity index (χ0v) is 11.3. The Balaban J connectivity index is 1.71. The van der Waals surface area contributed by atoms with Crippen LogP contribution in [0.2, 0.25) is 0 Å². The van der Waals surface area contributed by atoms with E-state index in [1.54, 1.807) is 7.11 Å². The van der Waals surface area contributed by atoms with Crippen molar-refractivity contribution >= 4 is 5.97 Å². The minimum Gasteiger partial charge on any atom is -0.469 e. The molecule has 18 heavy (non-hydrogen) atoms. The van der Waals surface area contributed by atoms with Gasteiger partial charge in [0.05, 0.1) is 12.5 Å². The number of hydrogen-bond acceptors (Lipinski definition) is 2. The third-order valence-electron chi connectivity index (χ3n) is 6.59. The van der Waals surface area contributed by atoms with Gasteiger partial charge in [0.2, 0.25) is 0 Å². The molecule has 98 valence electrons. The van der Waals surface area contributed by atoms with Crippen molar-refractivity contribution in [1.29, 1.82) is 0 Å². The standard InChI is InChI=1S/C16H22O2/c1-16(15(17)18-2)8-11-7-12(16)14-10-5-3-9(4-6-10)13(11)14/h3,5,9-14H,4,6-8H2,1-2H3. The Bertz CT molecular complexity index is 427. The second-order valence-electron chi connectivity index (χ2n) is 7.16. The number of fused-ring (bicyclic) bond motifs is 3. The van der Waals surface area contributed by atoms with Crippen LogP contribution in [0.3, 0.4) is 0 Å². The Morgan fingerprint density at radius 1 is 1.22 bits per heavy atom. The number of carbonyl (C=O) groups excluding carboxylic acids is 1. The Labute approximate surface area is 109 Å². The van der Waals surface area contributed by atoms with E-state index in [4.69, 9.17) is 4.74 Å². The normalized spacial score (nSPS) is 55.7. The van der Waals surface area contributed by atoms with Crippen molar-refractivity contribution in [2.24, 2.45) is 40.9 Å². The Morgan fingerprint density at radius 2 is 1.89 bits per heavy atom. The summed E-state index contributed by atoms with van der Waals surface area (Å²) in [6.07, 6.45) is 10.0. The van der Waals surface area contributed by atoms with E-state index in [2.05, 4.69) is 19.1 Å². The van der Waals surface area contributed by atoms with Crippen LogP contribution in [0.4, 0.5) is 0 Å². The molecule has 7 atom stereocenters. The van der Waals surface area contributed by atoms with E-state index < -0.39 is 0 Å². The predicted molar refractivity (Wildman–Crippen MR) is 68.7 cm³/mol. The molecule has 5 aliphatic rings. The first-order chi connectivity index (χ1) is 8.65. The van der Waals surface area contributed by atoms with Gasteiger partial charge < -0.3 is 4.74 Å². The summed E-state index contributed by atoms with van der Waals surface area (Å²) in [4.78, 5) is 12.2. The number of carbonyl (C=O) groups is 1. The molecule has 2 nitrogen and oxygen atoms in total. The highest BCUT2D eigenvalue weighted by Gasteiger charge is 2.65. The Morgan fingerprint density at radius 3 is 2.50 bits per heavy atom. The van der Waals surface area contributed by atoms with Gasteiger partial charge in [-0.05, 0) is 68.1 Å². The van der Waals surface area contributed by atoms with Crippen molar-refractivity contribution in [2.75, 3.05) is 7.11 Å². The van der Waals surface area contributed by atoms with Gasteiger partial charge in [-0.15, -0.1) is 0 Å². The van der Waals surface area contributed by atoms with Crippen LogP contribution in [0.25, 0.3) is 0 Å². The maximum Gasteiger partial charge on any atom is 0.311 e. The van der Waals surface area contributed by atoms with Gasteiger partial charge in [-0.3, -0.25) is 4.79 Å². The molecule has 3 fully saturated rings. The number of allylic oxidation sites excluding steroid dienone is 2. The van der Waals surface area contributed by atoms with Crippen LogP contribution in [-0.4, -0.2) is 13.1 Å². The summed E-state index contributed by atoms with van der Waals surface area (Å²) in [7, 11) is 1.55. The molecule has 0 aromatic carbocycles. The van der Waals surface area contributed by atoms with Crippen LogP contribution in [0.5, 0.6) is 0 Å². The first-order valence-corrected chi connectivity index (χ1v) is 7.42. The summed E-state index contributed by atoms with van der Waals surface area (Å²) in [5.74, 6) is 4.63. The van der Waals surface area contributed by atoms with Crippen molar-refractivity contribution in [1.82, 2.24) is 0 Å². The maximum absolute atomic E-state index is 12.2. The molecule has 0 spiro atoms. The molecule has 0 heterocycles. The highest BCUT2D eigenvalue weighted by atomic mass is 16.5. The molecular formula is C16H22O2. The fourth-order valence-electron chi connectivity index (χ4n) is 6.01. The summed E-state index contributed by atoms with van der Waals surface area (Å²) in [5, 5.41) is 0. The van der Waals surface area contributed by atoms with E-state index in [0.717, 1.165) is 36.0 Å². The maximum atomic E-state index is 12.2. The Kier molecular flexibility index (Phi) is 2.09. The molecule has 0 aliphatic heterocycles. The summed E-state index contributed by atoms with van der Waals surface area (Å²) >= 11 is 0. The van der Waals surface area contributed by atoms with Crippen LogP contribution in [0.1, 0.15) is 32.6 Å². The molecular weight excluding hydrogens is 224 g/mol. The fraction of sp³-hybridized carbons (Fsp3) is 0.812. The molecule has 0 saturated heterocycles. The third-order valence-corrected chi connectivity index (χ3v) is 6.59. The highest BCUT2D eigenvalue weighted by molar-refractivity contribution is 5.77. The van der Waals surface area contributed by atoms with Crippen molar-refractivity contribution < 1.29 is 9.53 Å². The molecule has 0 radical (unpaired) electrons. The van der Waals surface area contributed by atoms with E-state index >= 15 is 0 Å². The molecule has 5 aliphatic carbocycles. The number of hydrogen-bond donors (Lipinski definition) is 0. The van der Waals surface area contributed by atoms with Crippen LogP contribution in [-0.2, 0) is 9.53 Å². The van der Waals surface area contributed by atoms with Gasteiger partial charge in [-0.2, -0.15) is 0 Å². The highest BCUT2D eigenvalue weighted by Crippen LogP contribution is 2.68. The Hall–Kier alpha value is -0.790. The lowest BCUT2D eigenvalue weighted by molar-refractivity contribution is -0.159. The van der Waals surface area contributed by atoms with Gasteiger partial charge in [-0.1, -0.05) is 12.2 Å². The van der Waals surface area contributed by atoms with Gasteiger partial charge >= 0.3 is 5.97 Å². The minimum absolute atomic E-state index is 0.0406. The lowest BCUT2D eigenvalue weighted by Gasteiger charge is -2.51. The monoisotopic (exact) mass is 246 g/mol. The van der Waals surface area contributed by atoms with Crippen LogP contribution in [0.15, 0.2) is 12.2 Å². The van der Waals surface area contributed by atoms with Crippen LogP contribution < -0.4 is 0 Å². The van der Waals surface area contributed by atoms with E-state index in [1.807, 2.05) is 0 Å². The average molecular weight is 246 g/mol. The smallest absolute Gasteiger partial charge is 0.311 e. The van der Waals surface area contributed by atoms with E-state index in [-0.39, 0.29) is 11.4 Å². The molecule has 5 rings (SSSR count). The summed E-state index contributed by atoms with van der Waals surface area (Å²) in [5.41, 5.74) is -0.189. The molecule has 2 heteroatoms. The number of methoxy groups -OCH3 is 1. The van der Waals surface area contributed by atoms with Crippen molar-refractivity contribution in [2.45, 2.75) is 32.6 Å². The van der Waals surface area contributed by atoms with Crippen molar-refractivity contribution in [3.63, 3.8) is 0 Å². The fourth-order valence-corrected chi connectivity index (χ4v) is 6.01. The van der Waals surface area contributed by atoms with Gasteiger partial charge in [0.1, 0.15) is 0 Å². The number of rotatable bonds is 1. The lowest BCUT2D eigenvalue weighted by atomic mass is 9.53. The van der Waals surface area contributed by atoms with E-state index in [0.29, 0.717) is 5.92 Å². The van der Waals surface area contributed by atoms with Gasteiger partial charge in [-0.25, -0.2) is 0 Å². The number of esters is 1. The van der Waals surface area contributed by atoms with Gasteiger partial charge in [0.25, 0.3) is 0 Å². The topological polar surface area (TPSA) is 26.3 Å². The van der Waals surface area contributed by atoms with Gasteiger partial charge in [0, 0.05) is 0 Å². The molecule has 0 aromatic rings. The van der Waals surface area contributed by atoms with E-state index in [1.165, 1.54) is 19.3 Å². The largest absolute Gasteiger partial charge is 0.469 e. The quantitative estimate of drug-likeness (QED) is 0.525. The molecule has 0 amide bonds. The molecule has 7 unspecified atom stereocenters. The first-order valence-electron chi connectivity index (χ1n) is 7.42. The summed E-state index contributed by atoms with van der Waals surface area (Å²) < 4.78 is 5.09. The van der Waals surface area contributed by atoms with Crippen LogP contribution >= 0.6 is 0 Å². The van der Waals surface area contributed by atoms with Gasteiger partial charge in [0.15, 0.2) is 0 Å². The summed E-state index contributed by atoms with van der Waals surface area (Å²) in [6, 6.07) is 0. The minimum atomic E-state index is -0.189. The zero-order chi connectivity index (χ0) is 12.5. The molecule has 4 bridgehead atoms. The average Bonchev–Trinajstić information content (AvgIpc) is 2.96.